The molecule has 0 saturated carbocycles. The number of nitrogens with zero attached hydrogens (tertiary/aromatic N) is 3. The Kier molecular flexibility index (Phi) is 9.69. The zero-order chi connectivity index (χ0) is 35.0. The first-order valence-electron chi connectivity index (χ1n) is 16.2. The minimum atomic E-state index is -0.0814. The summed E-state index contributed by atoms with van der Waals surface area (Å²) in [6.07, 6.45) is 0. The standard InChI is InChI=1S/C42H33N3O6/c46-34-22-31(16-19-37(34)49-25-28-10-4-1-5-11-28)40-43-41(32-17-20-38(35(47)23-32)50-26-29-12-6-2-7-13-29)45-42(44-40)33-18-21-39(36(48)24-33)51-27-30-14-8-3-9-15-30/h1-24,46-48H,25-27H2. The Balaban J connectivity index is 1.20. The molecule has 0 aliphatic heterocycles. The Bertz CT molecular complexity index is 1980. The summed E-state index contributed by atoms with van der Waals surface area (Å²) in [6.45, 7) is 0.866. The van der Waals surface area contributed by atoms with Crippen LogP contribution in [0.2, 0.25) is 0 Å². The van der Waals surface area contributed by atoms with Gasteiger partial charge in [-0.25, -0.2) is 15.0 Å². The van der Waals surface area contributed by atoms with E-state index in [0.29, 0.717) is 33.9 Å². The van der Waals surface area contributed by atoms with Crippen LogP contribution in [0.15, 0.2) is 146 Å². The largest absolute Gasteiger partial charge is 0.504 e. The van der Waals surface area contributed by atoms with Gasteiger partial charge in [0.05, 0.1) is 0 Å². The minimum absolute atomic E-state index is 0.0814. The number of aromatic nitrogens is 3. The quantitative estimate of drug-likeness (QED) is 0.117. The van der Waals surface area contributed by atoms with Crippen LogP contribution < -0.4 is 14.2 Å². The Hall–Kier alpha value is -6.87. The number of rotatable bonds is 12. The monoisotopic (exact) mass is 675 g/mol. The predicted molar refractivity (Wildman–Crippen MR) is 193 cm³/mol. The summed E-state index contributed by atoms with van der Waals surface area (Å²) in [5.41, 5.74) is 4.40. The molecule has 0 spiro atoms. The molecule has 0 atom stereocenters. The van der Waals surface area contributed by atoms with E-state index in [1.54, 1.807) is 36.4 Å². The van der Waals surface area contributed by atoms with Crippen molar-refractivity contribution in [2.75, 3.05) is 0 Å². The van der Waals surface area contributed by atoms with Crippen LogP contribution in [-0.4, -0.2) is 30.3 Å². The first-order valence-corrected chi connectivity index (χ1v) is 16.2. The van der Waals surface area contributed by atoms with E-state index in [4.69, 9.17) is 29.2 Å². The number of ether oxygens (including phenoxy) is 3. The molecular weight excluding hydrogens is 642 g/mol. The molecule has 0 aliphatic carbocycles. The fraction of sp³-hybridized carbons (Fsp3) is 0.0714. The molecule has 6 aromatic carbocycles. The third-order valence-corrected chi connectivity index (χ3v) is 8.00. The molecule has 1 aromatic heterocycles. The summed E-state index contributed by atoms with van der Waals surface area (Å²) in [5.74, 6) is 1.46. The third kappa shape index (κ3) is 8.06. The second-order valence-corrected chi connectivity index (χ2v) is 11.7. The van der Waals surface area contributed by atoms with Crippen molar-refractivity contribution in [3.63, 3.8) is 0 Å². The van der Waals surface area contributed by atoms with Crippen molar-refractivity contribution in [2.24, 2.45) is 0 Å². The van der Waals surface area contributed by atoms with Crippen LogP contribution in [0.1, 0.15) is 16.7 Å². The van der Waals surface area contributed by atoms with Gasteiger partial charge in [-0.15, -0.1) is 0 Å². The van der Waals surface area contributed by atoms with Gasteiger partial charge in [0.25, 0.3) is 0 Å². The molecule has 0 fully saturated rings. The van der Waals surface area contributed by atoms with Crippen molar-refractivity contribution < 1.29 is 29.5 Å². The highest BCUT2D eigenvalue weighted by Gasteiger charge is 2.17. The van der Waals surface area contributed by atoms with Gasteiger partial charge in [-0.2, -0.15) is 0 Å². The SMILES string of the molecule is Oc1cc(-c2nc(-c3ccc(OCc4ccccc4)c(O)c3)nc(-c3ccc(OCc4ccccc4)c(O)c3)n2)ccc1OCc1ccccc1. The molecule has 0 saturated heterocycles. The van der Waals surface area contributed by atoms with Crippen LogP contribution >= 0.6 is 0 Å². The summed E-state index contributed by atoms with van der Waals surface area (Å²) < 4.78 is 17.6. The average molecular weight is 676 g/mol. The highest BCUT2D eigenvalue weighted by atomic mass is 16.5. The molecule has 9 heteroatoms. The van der Waals surface area contributed by atoms with E-state index in [9.17, 15) is 15.3 Å². The maximum atomic E-state index is 10.9. The topological polar surface area (TPSA) is 127 Å². The molecule has 0 bridgehead atoms. The van der Waals surface area contributed by atoms with Gasteiger partial charge in [-0.05, 0) is 71.3 Å². The smallest absolute Gasteiger partial charge is 0.164 e. The van der Waals surface area contributed by atoms with Crippen LogP contribution in [0.25, 0.3) is 34.2 Å². The lowest BCUT2D eigenvalue weighted by atomic mass is 10.1. The van der Waals surface area contributed by atoms with Gasteiger partial charge in [-0.3, -0.25) is 0 Å². The predicted octanol–water partition coefficient (Wildman–Crippen LogP) is 8.73. The Morgan fingerprint density at radius 1 is 0.353 bits per heavy atom. The van der Waals surface area contributed by atoms with E-state index in [2.05, 4.69) is 0 Å². The molecule has 9 nitrogen and oxygen atoms in total. The van der Waals surface area contributed by atoms with E-state index < -0.39 is 0 Å². The zero-order valence-corrected chi connectivity index (χ0v) is 27.4. The molecule has 1 heterocycles. The summed E-state index contributed by atoms with van der Waals surface area (Å²) in [4.78, 5) is 14.2. The fourth-order valence-electron chi connectivity index (χ4n) is 5.30. The number of phenolic OH excluding ortho intramolecular Hbond substituents is 3. The molecular formula is C42H33N3O6. The van der Waals surface area contributed by atoms with Crippen molar-refractivity contribution in [3.05, 3.63) is 162 Å². The molecule has 3 N–H and O–H groups in total. The molecule has 7 aromatic rings. The maximum Gasteiger partial charge on any atom is 0.164 e. The van der Waals surface area contributed by atoms with Crippen molar-refractivity contribution in [2.45, 2.75) is 19.8 Å². The van der Waals surface area contributed by atoms with Crippen LogP contribution in [0, 0.1) is 0 Å². The van der Waals surface area contributed by atoms with E-state index in [1.807, 2.05) is 91.0 Å². The molecule has 252 valence electrons. The van der Waals surface area contributed by atoms with Crippen LogP contribution in [0.3, 0.4) is 0 Å². The van der Waals surface area contributed by atoms with Gasteiger partial charge in [0.1, 0.15) is 19.8 Å². The van der Waals surface area contributed by atoms with E-state index in [0.717, 1.165) is 16.7 Å². The van der Waals surface area contributed by atoms with Crippen LogP contribution in [-0.2, 0) is 19.8 Å². The molecule has 0 radical (unpaired) electrons. The van der Waals surface area contributed by atoms with Gasteiger partial charge in [0, 0.05) is 16.7 Å². The zero-order valence-electron chi connectivity index (χ0n) is 27.4. The number of aromatic hydroxyl groups is 3. The lowest BCUT2D eigenvalue weighted by molar-refractivity contribution is 0.289. The van der Waals surface area contributed by atoms with E-state index in [-0.39, 0.29) is 54.5 Å². The maximum absolute atomic E-state index is 10.9. The van der Waals surface area contributed by atoms with Crippen molar-refractivity contribution >= 4 is 0 Å². The van der Waals surface area contributed by atoms with E-state index in [1.165, 1.54) is 18.2 Å². The number of phenols is 3. The highest BCUT2D eigenvalue weighted by Crippen LogP contribution is 2.36. The lowest BCUT2D eigenvalue weighted by Gasteiger charge is -2.13. The van der Waals surface area contributed by atoms with Crippen LogP contribution in [0.4, 0.5) is 0 Å². The van der Waals surface area contributed by atoms with Crippen molar-refractivity contribution in [1.29, 1.82) is 0 Å². The molecule has 7 rings (SSSR count). The minimum Gasteiger partial charge on any atom is -0.504 e. The van der Waals surface area contributed by atoms with Crippen LogP contribution in [0.5, 0.6) is 34.5 Å². The number of hydrogen-bond acceptors (Lipinski definition) is 9. The second kappa shape index (κ2) is 15.1. The Labute approximate surface area is 294 Å². The van der Waals surface area contributed by atoms with Crippen molar-refractivity contribution in [1.82, 2.24) is 15.0 Å². The summed E-state index contributed by atoms with van der Waals surface area (Å²) in [7, 11) is 0. The Morgan fingerprint density at radius 2 is 0.627 bits per heavy atom. The van der Waals surface area contributed by atoms with E-state index >= 15 is 0 Å². The van der Waals surface area contributed by atoms with Gasteiger partial charge in [0.2, 0.25) is 0 Å². The molecule has 0 aliphatic rings. The first kappa shape index (κ1) is 32.7. The Morgan fingerprint density at radius 3 is 0.882 bits per heavy atom. The number of hydrogen-bond donors (Lipinski definition) is 3. The summed E-state index contributed by atoms with van der Waals surface area (Å²) in [5, 5.41) is 32.7. The van der Waals surface area contributed by atoms with Gasteiger partial charge in [-0.1, -0.05) is 91.0 Å². The highest BCUT2D eigenvalue weighted by molar-refractivity contribution is 5.70. The van der Waals surface area contributed by atoms with Gasteiger partial charge in [0.15, 0.2) is 52.0 Å². The normalized spacial score (nSPS) is 10.8. The second-order valence-electron chi connectivity index (χ2n) is 11.7. The summed E-state index contributed by atoms with van der Waals surface area (Å²) in [6, 6.07) is 43.8. The lowest BCUT2D eigenvalue weighted by Crippen LogP contribution is -2.01. The van der Waals surface area contributed by atoms with Gasteiger partial charge >= 0.3 is 0 Å². The molecule has 0 amide bonds. The van der Waals surface area contributed by atoms with Gasteiger partial charge < -0.3 is 29.5 Å². The average Bonchev–Trinajstić information content (AvgIpc) is 3.17. The van der Waals surface area contributed by atoms with Crippen molar-refractivity contribution in [3.8, 4) is 68.7 Å². The fourth-order valence-corrected chi connectivity index (χ4v) is 5.30. The molecule has 51 heavy (non-hydrogen) atoms. The number of benzene rings is 6. The summed E-state index contributed by atoms with van der Waals surface area (Å²) >= 11 is 0. The first-order chi connectivity index (χ1) is 25.0. The molecule has 0 unspecified atom stereocenters. The third-order valence-electron chi connectivity index (χ3n) is 8.00.